The second-order valence-corrected chi connectivity index (χ2v) is 5.33. The number of benzene rings is 1. The minimum absolute atomic E-state index is 0.0122. The smallest absolute Gasteiger partial charge is 0.236 e. The normalized spacial score (nSPS) is 20.5. The third-order valence-electron chi connectivity index (χ3n) is 2.97. The molecule has 0 aliphatic carbocycles. The van der Waals surface area contributed by atoms with Gasteiger partial charge in [-0.15, -0.1) is 0 Å². The number of alkyl halides is 1. The first-order chi connectivity index (χ1) is 8.20. The van der Waals surface area contributed by atoms with Gasteiger partial charge in [-0.1, -0.05) is 28.1 Å². The first-order valence-corrected chi connectivity index (χ1v) is 6.68. The molecule has 1 aliphatic heterocycles. The molecule has 2 rings (SSSR count). The molecule has 0 bridgehead atoms. The van der Waals surface area contributed by atoms with Crippen LogP contribution in [0.3, 0.4) is 0 Å². The number of piperidine rings is 1. The summed E-state index contributed by atoms with van der Waals surface area (Å²) in [7, 11) is 1.65. The van der Waals surface area contributed by atoms with Crippen LogP contribution in [-0.2, 0) is 11.3 Å². The molecule has 0 radical (unpaired) electrons. The van der Waals surface area contributed by atoms with E-state index in [1.807, 2.05) is 29.2 Å². The van der Waals surface area contributed by atoms with Gasteiger partial charge in [-0.25, -0.2) is 0 Å². The van der Waals surface area contributed by atoms with E-state index >= 15 is 0 Å². The standard InChI is InChI=1S/C13H16BrNO2/c1-17-11-5-2-4-10(8-11)9-15-7-3-6-12(14)13(15)16/h2,4-5,8,12H,3,6-7,9H2,1H3. The maximum atomic E-state index is 11.9. The van der Waals surface area contributed by atoms with Gasteiger partial charge in [0, 0.05) is 13.1 Å². The van der Waals surface area contributed by atoms with E-state index in [2.05, 4.69) is 15.9 Å². The predicted octanol–water partition coefficient (Wildman–Crippen LogP) is 2.58. The second kappa shape index (κ2) is 5.54. The van der Waals surface area contributed by atoms with Crippen LogP contribution in [0.5, 0.6) is 5.75 Å². The Morgan fingerprint density at radius 2 is 2.35 bits per heavy atom. The number of rotatable bonds is 3. The number of hydrogen-bond acceptors (Lipinski definition) is 2. The van der Waals surface area contributed by atoms with E-state index in [0.29, 0.717) is 6.54 Å². The minimum atomic E-state index is -0.0122. The molecule has 0 spiro atoms. The summed E-state index contributed by atoms with van der Waals surface area (Å²) in [6.07, 6.45) is 2.00. The van der Waals surface area contributed by atoms with Crippen molar-refractivity contribution in [3.8, 4) is 5.75 Å². The van der Waals surface area contributed by atoms with Gasteiger partial charge >= 0.3 is 0 Å². The highest BCUT2D eigenvalue weighted by Gasteiger charge is 2.26. The lowest BCUT2D eigenvalue weighted by Crippen LogP contribution is -2.41. The van der Waals surface area contributed by atoms with Crippen LogP contribution in [0.25, 0.3) is 0 Å². The Morgan fingerprint density at radius 3 is 3.12 bits per heavy atom. The quantitative estimate of drug-likeness (QED) is 0.803. The van der Waals surface area contributed by atoms with Gasteiger partial charge in [-0.05, 0) is 30.5 Å². The Kier molecular flexibility index (Phi) is 4.05. The Morgan fingerprint density at radius 1 is 1.53 bits per heavy atom. The molecule has 0 aromatic heterocycles. The lowest BCUT2D eigenvalue weighted by atomic mass is 10.1. The van der Waals surface area contributed by atoms with Crippen molar-refractivity contribution < 1.29 is 9.53 Å². The third-order valence-corrected chi connectivity index (χ3v) is 3.82. The van der Waals surface area contributed by atoms with Crippen LogP contribution in [0.15, 0.2) is 24.3 Å². The van der Waals surface area contributed by atoms with Crippen LogP contribution >= 0.6 is 15.9 Å². The largest absolute Gasteiger partial charge is 0.497 e. The van der Waals surface area contributed by atoms with Gasteiger partial charge in [0.25, 0.3) is 0 Å². The van der Waals surface area contributed by atoms with E-state index < -0.39 is 0 Å². The average Bonchev–Trinajstić information content (AvgIpc) is 2.35. The molecule has 17 heavy (non-hydrogen) atoms. The summed E-state index contributed by atoms with van der Waals surface area (Å²) >= 11 is 3.42. The van der Waals surface area contributed by atoms with E-state index in [1.165, 1.54) is 0 Å². The number of carbonyl (C=O) groups excluding carboxylic acids is 1. The summed E-state index contributed by atoms with van der Waals surface area (Å²) in [5.74, 6) is 1.03. The maximum Gasteiger partial charge on any atom is 0.236 e. The van der Waals surface area contributed by atoms with Gasteiger partial charge in [-0.3, -0.25) is 4.79 Å². The molecule has 1 aromatic rings. The Labute approximate surface area is 110 Å². The molecule has 1 aliphatic rings. The molecule has 1 fully saturated rings. The maximum absolute atomic E-state index is 11.9. The van der Waals surface area contributed by atoms with Crippen LogP contribution in [0, 0.1) is 0 Å². The fourth-order valence-electron chi connectivity index (χ4n) is 2.04. The lowest BCUT2D eigenvalue weighted by molar-refractivity contribution is -0.133. The van der Waals surface area contributed by atoms with Crippen LogP contribution in [0.4, 0.5) is 0 Å². The summed E-state index contributed by atoms with van der Waals surface area (Å²) in [5, 5.41) is 0. The van der Waals surface area contributed by atoms with Crippen LogP contribution in [0.1, 0.15) is 18.4 Å². The van der Waals surface area contributed by atoms with Gasteiger partial charge in [-0.2, -0.15) is 0 Å². The van der Waals surface area contributed by atoms with Crippen LogP contribution in [-0.4, -0.2) is 29.3 Å². The molecule has 1 heterocycles. The highest BCUT2D eigenvalue weighted by atomic mass is 79.9. The van der Waals surface area contributed by atoms with Crippen molar-refractivity contribution in [3.05, 3.63) is 29.8 Å². The van der Waals surface area contributed by atoms with E-state index in [-0.39, 0.29) is 10.7 Å². The topological polar surface area (TPSA) is 29.5 Å². The molecule has 1 atom stereocenters. The van der Waals surface area contributed by atoms with Crippen molar-refractivity contribution in [1.82, 2.24) is 4.90 Å². The summed E-state index contributed by atoms with van der Waals surface area (Å²) in [6.45, 7) is 1.51. The third kappa shape index (κ3) is 3.00. The van der Waals surface area contributed by atoms with Gasteiger partial charge in [0.15, 0.2) is 0 Å². The van der Waals surface area contributed by atoms with Crippen molar-refractivity contribution in [2.24, 2.45) is 0 Å². The molecular formula is C13H16BrNO2. The minimum Gasteiger partial charge on any atom is -0.497 e. The molecule has 0 saturated carbocycles. The van der Waals surface area contributed by atoms with Gasteiger partial charge < -0.3 is 9.64 Å². The fraction of sp³-hybridized carbons (Fsp3) is 0.462. The fourth-order valence-corrected chi connectivity index (χ4v) is 2.65. The van der Waals surface area contributed by atoms with Crippen molar-refractivity contribution in [2.75, 3.05) is 13.7 Å². The molecule has 0 N–H and O–H groups in total. The van der Waals surface area contributed by atoms with E-state index in [1.54, 1.807) is 7.11 Å². The van der Waals surface area contributed by atoms with Gasteiger partial charge in [0.05, 0.1) is 11.9 Å². The average molecular weight is 298 g/mol. The molecule has 1 aromatic carbocycles. The number of likely N-dealkylation sites (tertiary alicyclic amines) is 1. The molecule has 92 valence electrons. The number of amides is 1. The van der Waals surface area contributed by atoms with Crippen molar-refractivity contribution in [1.29, 1.82) is 0 Å². The molecule has 1 unspecified atom stereocenters. The zero-order valence-electron chi connectivity index (χ0n) is 9.86. The summed E-state index contributed by atoms with van der Waals surface area (Å²) in [6, 6.07) is 7.86. The number of nitrogens with zero attached hydrogens (tertiary/aromatic N) is 1. The highest BCUT2D eigenvalue weighted by molar-refractivity contribution is 9.10. The van der Waals surface area contributed by atoms with Crippen LogP contribution < -0.4 is 4.74 Å². The molecule has 1 saturated heterocycles. The molecular weight excluding hydrogens is 282 g/mol. The Hall–Kier alpha value is -1.03. The summed E-state index contributed by atoms with van der Waals surface area (Å²) in [4.78, 5) is 13.8. The number of hydrogen-bond donors (Lipinski definition) is 0. The van der Waals surface area contributed by atoms with E-state index in [0.717, 1.165) is 30.7 Å². The summed E-state index contributed by atoms with van der Waals surface area (Å²) < 4.78 is 5.18. The number of methoxy groups -OCH3 is 1. The highest BCUT2D eigenvalue weighted by Crippen LogP contribution is 2.21. The SMILES string of the molecule is COc1cccc(CN2CCCC(Br)C2=O)c1. The Bertz CT molecular complexity index is 408. The zero-order valence-corrected chi connectivity index (χ0v) is 11.4. The van der Waals surface area contributed by atoms with Crippen molar-refractivity contribution in [3.63, 3.8) is 0 Å². The van der Waals surface area contributed by atoms with E-state index in [9.17, 15) is 4.79 Å². The second-order valence-electron chi connectivity index (χ2n) is 4.22. The van der Waals surface area contributed by atoms with Crippen molar-refractivity contribution in [2.45, 2.75) is 24.2 Å². The lowest BCUT2D eigenvalue weighted by Gasteiger charge is -2.29. The molecule has 4 heteroatoms. The number of halogens is 1. The Balaban J connectivity index is 2.06. The molecule has 1 amide bonds. The number of carbonyl (C=O) groups is 1. The van der Waals surface area contributed by atoms with Crippen LogP contribution in [0.2, 0.25) is 0 Å². The van der Waals surface area contributed by atoms with Crippen molar-refractivity contribution >= 4 is 21.8 Å². The predicted molar refractivity (Wildman–Crippen MR) is 70.4 cm³/mol. The van der Waals surface area contributed by atoms with Gasteiger partial charge in [0.1, 0.15) is 5.75 Å². The summed E-state index contributed by atoms with van der Waals surface area (Å²) in [5.41, 5.74) is 1.11. The first kappa shape index (κ1) is 12.4. The first-order valence-electron chi connectivity index (χ1n) is 5.76. The zero-order chi connectivity index (χ0) is 12.3. The van der Waals surface area contributed by atoms with E-state index in [4.69, 9.17) is 4.74 Å². The van der Waals surface area contributed by atoms with Gasteiger partial charge in [0.2, 0.25) is 5.91 Å². The monoisotopic (exact) mass is 297 g/mol. The molecule has 3 nitrogen and oxygen atoms in total. The number of ether oxygens (including phenoxy) is 1.